The van der Waals surface area contributed by atoms with Gasteiger partial charge < -0.3 is 20.7 Å². The molecule has 1 aliphatic heterocycles. The first-order valence-electron chi connectivity index (χ1n) is 5.93. The Bertz CT molecular complexity index is 718. The average Bonchev–Trinajstić information content (AvgIpc) is 2.64. The molecule has 112 valence electrons. The van der Waals surface area contributed by atoms with Crippen LogP contribution in [0, 0.1) is 11.8 Å². The highest BCUT2D eigenvalue weighted by Crippen LogP contribution is 2.43. The molecule has 1 aliphatic rings. The molecule has 0 saturated heterocycles. The summed E-state index contributed by atoms with van der Waals surface area (Å²) in [5.41, 5.74) is 1.61. The lowest BCUT2D eigenvalue weighted by Crippen LogP contribution is -2.40. The van der Waals surface area contributed by atoms with Gasteiger partial charge in [-0.1, -0.05) is 0 Å². The first-order valence-corrected chi connectivity index (χ1v) is 5.93. The second-order valence-electron chi connectivity index (χ2n) is 4.35. The lowest BCUT2D eigenvalue weighted by atomic mass is 10.0. The molecule has 4 N–H and O–H groups in total. The Morgan fingerprint density at radius 3 is 2.86 bits per heavy atom. The smallest absolute Gasteiger partial charge is 0.369 e. The van der Waals surface area contributed by atoms with Crippen LogP contribution in [0.25, 0.3) is 0 Å². The zero-order valence-electron chi connectivity index (χ0n) is 11.2. The van der Waals surface area contributed by atoms with Gasteiger partial charge in [0, 0.05) is 0 Å². The van der Waals surface area contributed by atoms with Crippen molar-refractivity contribution in [1.82, 2.24) is 14.8 Å². The number of nitrogen functional groups attached to an aromatic ring is 1. The van der Waals surface area contributed by atoms with Crippen molar-refractivity contribution in [3.63, 3.8) is 0 Å². The minimum absolute atomic E-state index is 0.145. The molecule has 9 heteroatoms. The van der Waals surface area contributed by atoms with Crippen LogP contribution in [0.2, 0.25) is 0 Å². The summed E-state index contributed by atoms with van der Waals surface area (Å²) in [7, 11) is 0. The number of anilines is 1. The molecule has 0 aliphatic carbocycles. The maximum absolute atomic E-state index is 15.0. The van der Waals surface area contributed by atoms with Gasteiger partial charge in [0.1, 0.15) is 11.9 Å². The standard InChI is InChI=1S/C12H13FN4O4/c1-3-4-12(13)9(19)8(6(2)18)21-10(12)17-11(20)16-7(14)5-15-17/h5-6,10,18-19H,1-2H3,(H2,14,16,20)/t6-,10-,12?/m1/s1. The summed E-state index contributed by atoms with van der Waals surface area (Å²) >= 11 is 0. The molecule has 3 atom stereocenters. The van der Waals surface area contributed by atoms with Crippen molar-refractivity contribution in [3.05, 3.63) is 28.2 Å². The molecule has 1 unspecified atom stereocenters. The normalized spacial score (nSPS) is 26.0. The van der Waals surface area contributed by atoms with Crippen LogP contribution in [0.1, 0.15) is 20.1 Å². The van der Waals surface area contributed by atoms with E-state index in [9.17, 15) is 19.4 Å². The lowest BCUT2D eigenvalue weighted by Gasteiger charge is -2.21. The van der Waals surface area contributed by atoms with E-state index in [0.717, 1.165) is 6.20 Å². The van der Waals surface area contributed by atoms with Gasteiger partial charge in [-0.3, -0.25) is 0 Å². The van der Waals surface area contributed by atoms with Crippen LogP contribution in [0.4, 0.5) is 10.2 Å². The molecular formula is C12H13FN4O4. The Balaban J connectivity index is 2.59. The van der Waals surface area contributed by atoms with E-state index in [-0.39, 0.29) is 5.82 Å². The molecule has 0 radical (unpaired) electrons. The summed E-state index contributed by atoms with van der Waals surface area (Å²) in [4.78, 5) is 15.2. The highest BCUT2D eigenvalue weighted by atomic mass is 19.1. The van der Waals surface area contributed by atoms with Crippen molar-refractivity contribution in [2.75, 3.05) is 5.73 Å². The Morgan fingerprint density at radius 1 is 1.67 bits per heavy atom. The van der Waals surface area contributed by atoms with Crippen molar-refractivity contribution in [1.29, 1.82) is 0 Å². The fourth-order valence-corrected chi connectivity index (χ4v) is 1.89. The van der Waals surface area contributed by atoms with Crippen LogP contribution < -0.4 is 11.4 Å². The predicted octanol–water partition coefficient (Wildman–Crippen LogP) is -0.369. The first kappa shape index (κ1) is 14.8. The SMILES string of the molecule is CC#CC1(F)C(O)=C([C@@H](C)O)O[C@H]1n1ncc(N)nc1=O. The van der Waals surface area contributed by atoms with E-state index in [2.05, 4.69) is 21.9 Å². The van der Waals surface area contributed by atoms with Crippen LogP contribution in [-0.4, -0.2) is 36.8 Å². The van der Waals surface area contributed by atoms with Gasteiger partial charge in [-0.25, -0.2) is 9.18 Å². The number of halogens is 1. The monoisotopic (exact) mass is 296 g/mol. The molecule has 8 nitrogen and oxygen atoms in total. The van der Waals surface area contributed by atoms with E-state index < -0.39 is 35.2 Å². The summed E-state index contributed by atoms with van der Waals surface area (Å²) in [6, 6.07) is 0. The van der Waals surface area contributed by atoms with Gasteiger partial charge in [-0.15, -0.1) is 5.92 Å². The highest BCUT2D eigenvalue weighted by Gasteiger charge is 2.55. The van der Waals surface area contributed by atoms with Crippen molar-refractivity contribution < 1.29 is 19.3 Å². The molecule has 0 amide bonds. The summed E-state index contributed by atoms with van der Waals surface area (Å²) in [5, 5.41) is 23.0. The second kappa shape index (κ2) is 5.06. The molecule has 0 spiro atoms. The predicted molar refractivity (Wildman–Crippen MR) is 69.5 cm³/mol. The van der Waals surface area contributed by atoms with Crippen LogP contribution >= 0.6 is 0 Å². The molecule has 2 heterocycles. The summed E-state index contributed by atoms with van der Waals surface area (Å²) < 4.78 is 20.7. The molecule has 0 aromatic carbocycles. The van der Waals surface area contributed by atoms with Crippen LogP contribution in [0.15, 0.2) is 22.5 Å². The molecule has 0 bridgehead atoms. The number of aliphatic hydroxyl groups is 2. The van der Waals surface area contributed by atoms with E-state index in [1.807, 2.05) is 0 Å². The first-order chi connectivity index (χ1) is 9.81. The number of nitrogens with zero attached hydrogens (tertiary/aromatic N) is 3. The fourth-order valence-electron chi connectivity index (χ4n) is 1.89. The molecular weight excluding hydrogens is 283 g/mol. The third kappa shape index (κ3) is 2.30. The Kier molecular flexibility index (Phi) is 3.57. The van der Waals surface area contributed by atoms with Crippen LogP contribution in [-0.2, 0) is 4.74 Å². The molecule has 0 fully saturated rings. The number of aliphatic hydroxyl groups excluding tert-OH is 2. The molecule has 1 aromatic rings. The molecule has 1 aromatic heterocycles. The third-order valence-corrected chi connectivity index (χ3v) is 2.80. The van der Waals surface area contributed by atoms with Gasteiger partial charge in [-0.2, -0.15) is 14.8 Å². The van der Waals surface area contributed by atoms with E-state index in [1.54, 1.807) is 0 Å². The quantitative estimate of drug-likeness (QED) is 0.636. The van der Waals surface area contributed by atoms with Gasteiger partial charge >= 0.3 is 5.69 Å². The van der Waals surface area contributed by atoms with Crippen molar-refractivity contribution in [2.24, 2.45) is 0 Å². The maximum Gasteiger partial charge on any atom is 0.369 e. The van der Waals surface area contributed by atoms with E-state index in [1.165, 1.54) is 13.8 Å². The number of ether oxygens (including phenoxy) is 1. The molecule has 2 rings (SSSR count). The van der Waals surface area contributed by atoms with E-state index >= 15 is 0 Å². The Morgan fingerprint density at radius 2 is 2.33 bits per heavy atom. The highest BCUT2D eigenvalue weighted by molar-refractivity contribution is 5.35. The van der Waals surface area contributed by atoms with Crippen molar-refractivity contribution in [2.45, 2.75) is 31.8 Å². The topological polar surface area (TPSA) is 123 Å². The number of aromatic nitrogens is 3. The van der Waals surface area contributed by atoms with Gasteiger partial charge in [0.05, 0.1) is 6.20 Å². The number of hydrogen-bond donors (Lipinski definition) is 3. The maximum atomic E-state index is 15.0. The minimum Gasteiger partial charge on any atom is -0.505 e. The molecule has 21 heavy (non-hydrogen) atoms. The van der Waals surface area contributed by atoms with Crippen LogP contribution in [0.5, 0.6) is 0 Å². The average molecular weight is 296 g/mol. The minimum atomic E-state index is -2.73. The largest absolute Gasteiger partial charge is 0.505 e. The number of rotatable bonds is 2. The summed E-state index contributed by atoms with van der Waals surface area (Å²) in [6.07, 6.45) is -1.97. The van der Waals surface area contributed by atoms with E-state index in [0.29, 0.717) is 4.68 Å². The van der Waals surface area contributed by atoms with Gasteiger partial charge in [0.15, 0.2) is 11.5 Å². The Hall–Kier alpha value is -2.60. The van der Waals surface area contributed by atoms with Crippen LogP contribution in [0.3, 0.4) is 0 Å². The number of hydrogen-bond acceptors (Lipinski definition) is 7. The van der Waals surface area contributed by atoms with E-state index in [4.69, 9.17) is 10.5 Å². The molecule has 0 saturated carbocycles. The van der Waals surface area contributed by atoms with Gasteiger partial charge in [-0.05, 0) is 19.8 Å². The Labute approximate surface area is 118 Å². The number of alkyl halides is 1. The summed E-state index contributed by atoms with van der Waals surface area (Å²) in [5.74, 6) is 2.96. The van der Waals surface area contributed by atoms with Gasteiger partial charge in [0.25, 0.3) is 5.67 Å². The zero-order chi connectivity index (χ0) is 15.8. The van der Waals surface area contributed by atoms with Gasteiger partial charge in [0.2, 0.25) is 6.23 Å². The van der Waals surface area contributed by atoms with Crippen molar-refractivity contribution >= 4 is 5.82 Å². The lowest BCUT2D eigenvalue weighted by molar-refractivity contribution is -0.0292. The number of nitrogens with two attached hydrogens (primary N) is 1. The zero-order valence-corrected chi connectivity index (χ0v) is 11.2. The fraction of sp³-hybridized carbons (Fsp3) is 0.417. The second-order valence-corrected chi connectivity index (χ2v) is 4.35. The third-order valence-electron chi connectivity index (χ3n) is 2.80. The van der Waals surface area contributed by atoms with Crippen molar-refractivity contribution in [3.8, 4) is 11.8 Å². The summed E-state index contributed by atoms with van der Waals surface area (Å²) in [6.45, 7) is 2.62.